The fourth-order valence-electron chi connectivity index (χ4n) is 9.34. The van der Waals surface area contributed by atoms with Crippen LogP contribution in [0.3, 0.4) is 0 Å². The summed E-state index contributed by atoms with van der Waals surface area (Å²) >= 11 is 0. The molecule has 0 radical (unpaired) electrons. The van der Waals surface area contributed by atoms with Crippen molar-refractivity contribution in [2.24, 2.45) is 0 Å². The molecule has 2 aromatic heterocycles. The molecule has 0 saturated carbocycles. The third kappa shape index (κ3) is 4.23. The smallest absolute Gasteiger partial charge is 0.0543 e. The predicted molar refractivity (Wildman–Crippen MR) is 215 cm³/mol. The zero-order chi connectivity index (χ0) is 33.5. The lowest BCUT2D eigenvalue weighted by molar-refractivity contribution is 0.863. The maximum absolute atomic E-state index is 2.55. The minimum atomic E-state index is 0.216. The highest BCUT2D eigenvalue weighted by Crippen LogP contribution is 2.51. The molecule has 242 valence electrons. The lowest BCUT2D eigenvalue weighted by atomic mass is 9.89. The molecule has 11 rings (SSSR count). The van der Waals surface area contributed by atoms with Crippen molar-refractivity contribution in [1.82, 2.24) is 9.13 Å². The number of nitrogens with zero attached hydrogens (tertiary/aromatic N) is 2. The molecule has 3 aliphatic carbocycles. The lowest BCUT2D eigenvalue weighted by Crippen LogP contribution is -2.05. The Labute approximate surface area is 297 Å². The Bertz CT molecular complexity index is 2800. The molecule has 0 N–H and O–H groups in total. The van der Waals surface area contributed by atoms with Crippen LogP contribution < -0.4 is 0 Å². The molecule has 2 heterocycles. The first-order valence-corrected chi connectivity index (χ1v) is 18.3. The largest absolute Gasteiger partial charge is 0.317 e. The predicted octanol–water partition coefficient (Wildman–Crippen LogP) is 12.7. The van der Waals surface area contributed by atoms with Gasteiger partial charge in [-0.05, 0) is 102 Å². The maximum Gasteiger partial charge on any atom is 0.0543 e. The molecule has 0 spiro atoms. The molecular formula is C49H36N2. The van der Waals surface area contributed by atoms with Crippen molar-refractivity contribution in [2.75, 3.05) is 0 Å². The summed E-state index contributed by atoms with van der Waals surface area (Å²) in [4.78, 5) is 0. The molecule has 0 aliphatic heterocycles. The number of aromatic nitrogens is 2. The molecule has 3 aliphatic rings. The Kier molecular flexibility index (Phi) is 6.30. The van der Waals surface area contributed by atoms with Crippen LogP contribution in [0.25, 0.3) is 72.4 Å². The van der Waals surface area contributed by atoms with E-state index in [2.05, 4.69) is 173 Å². The Morgan fingerprint density at radius 3 is 2.12 bits per heavy atom. The van der Waals surface area contributed by atoms with Crippen molar-refractivity contribution in [2.45, 2.75) is 31.6 Å². The van der Waals surface area contributed by atoms with Crippen LogP contribution in [-0.2, 0) is 6.42 Å². The van der Waals surface area contributed by atoms with Gasteiger partial charge in [0.05, 0.1) is 22.2 Å². The van der Waals surface area contributed by atoms with Gasteiger partial charge in [0, 0.05) is 44.6 Å². The summed E-state index contributed by atoms with van der Waals surface area (Å²) < 4.78 is 5.06. The van der Waals surface area contributed by atoms with Crippen LogP contribution in [0.2, 0.25) is 0 Å². The molecule has 6 aromatic carbocycles. The van der Waals surface area contributed by atoms with E-state index in [1.165, 1.54) is 94.3 Å². The van der Waals surface area contributed by atoms with Crippen LogP contribution in [0, 0.1) is 0 Å². The summed E-state index contributed by atoms with van der Waals surface area (Å²) in [6.45, 7) is 0. The van der Waals surface area contributed by atoms with E-state index in [0.717, 1.165) is 25.7 Å². The van der Waals surface area contributed by atoms with Gasteiger partial charge in [-0.15, -0.1) is 0 Å². The van der Waals surface area contributed by atoms with E-state index in [1.807, 2.05) is 0 Å². The summed E-state index contributed by atoms with van der Waals surface area (Å²) in [5, 5.41) is 3.91. The first-order valence-electron chi connectivity index (χ1n) is 18.3. The normalized spacial score (nSPS) is 16.1. The number of benzene rings is 6. The zero-order valence-corrected chi connectivity index (χ0v) is 28.4. The monoisotopic (exact) mass is 652 g/mol. The summed E-state index contributed by atoms with van der Waals surface area (Å²) in [5.41, 5.74) is 18.6. The van der Waals surface area contributed by atoms with Crippen LogP contribution >= 0.6 is 0 Å². The summed E-state index contributed by atoms with van der Waals surface area (Å²) in [5.74, 6) is 0.216. The number of hydrogen-bond donors (Lipinski definition) is 0. The Morgan fingerprint density at radius 1 is 0.529 bits per heavy atom. The van der Waals surface area contributed by atoms with Gasteiger partial charge in [0.2, 0.25) is 0 Å². The van der Waals surface area contributed by atoms with Gasteiger partial charge >= 0.3 is 0 Å². The van der Waals surface area contributed by atoms with Gasteiger partial charge < -0.3 is 9.13 Å². The Morgan fingerprint density at radius 2 is 1.25 bits per heavy atom. The van der Waals surface area contributed by atoms with Gasteiger partial charge in [0.25, 0.3) is 0 Å². The van der Waals surface area contributed by atoms with Crippen molar-refractivity contribution in [3.63, 3.8) is 0 Å². The lowest BCUT2D eigenvalue weighted by Gasteiger charge is -2.17. The van der Waals surface area contributed by atoms with E-state index in [-0.39, 0.29) is 5.92 Å². The van der Waals surface area contributed by atoms with E-state index in [0.29, 0.717) is 0 Å². The van der Waals surface area contributed by atoms with Gasteiger partial charge in [-0.25, -0.2) is 0 Å². The van der Waals surface area contributed by atoms with Crippen LogP contribution in [0.1, 0.15) is 53.1 Å². The fourth-order valence-corrected chi connectivity index (χ4v) is 9.34. The Hall–Kier alpha value is -6.12. The van der Waals surface area contributed by atoms with Crippen molar-refractivity contribution in [3.8, 4) is 27.9 Å². The number of rotatable bonds is 4. The second-order valence-corrected chi connectivity index (χ2v) is 14.3. The number of fused-ring (bicyclic) bond motifs is 9. The van der Waals surface area contributed by atoms with Crippen LogP contribution in [0.5, 0.6) is 0 Å². The van der Waals surface area contributed by atoms with Crippen molar-refractivity contribution in [3.05, 3.63) is 186 Å². The molecule has 1 unspecified atom stereocenters. The minimum absolute atomic E-state index is 0.216. The van der Waals surface area contributed by atoms with E-state index < -0.39 is 0 Å². The molecule has 1 atom stereocenters. The topological polar surface area (TPSA) is 9.86 Å². The molecule has 2 heteroatoms. The van der Waals surface area contributed by atoms with E-state index in [1.54, 1.807) is 0 Å². The first kappa shape index (κ1) is 28.7. The highest BCUT2D eigenvalue weighted by Gasteiger charge is 2.32. The van der Waals surface area contributed by atoms with Crippen molar-refractivity contribution < 1.29 is 0 Å². The molecule has 0 bridgehead atoms. The minimum Gasteiger partial charge on any atom is -0.317 e. The van der Waals surface area contributed by atoms with Crippen LogP contribution in [0.15, 0.2) is 158 Å². The SMILES string of the molecule is C1=CCCC(n2c3c(c4cc(-c5ccc6c(c5)c5ccccc5n6-c5cccc6c5-c5ccccc5C6c5ccccc5)ccc42)C=CCC3)=C1. The maximum atomic E-state index is 2.55. The van der Waals surface area contributed by atoms with Crippen molar-refractivity contribution >= 4 is 44.5 Å². The Balaban J connectivity index is 1.10. The van der Waals surface area contributed by atoms with E-state index >= 15 is 0 Å². The fraction of sp³-hybridized carbons (Fsp3) is 0.102. The molecule has 51 heavy (non-hydrogen) atoms. The second-order valence-electron chi connectivity index (χ2n) is 14.3. The highest BCUT2D eigenvalue weighted by atomic mass is 15.0. The van der Waals surface area contributed by atoms with E-state index in [4.69, 9.17) is 0 Å². The number of para-hydroxylation sites is 1. The second kappa shape index (κ2) is 11.2. The van der Waals surface area contributed by atoms with Gasteiger partial charge in [-0.1, -0.05) is 121 Å². The number of hydrogen-bond acceptors (Lipinski definition) is 0. The van der Waals surface area contributed by atoms with Gasteiger partial charge in [-0.2, -0.15) is 0 Å². The molecular weight excluding hydrogens is 617 g/mol. The van der Waals surface area contributed by atoms with E-state index in [9.17, 15) is 0 Å². The standard InChI is InChI=1S/C49H36N2/c1-3-14-32(15-4-1)48-38-20-7-8-21-39(38)49-40(48)22-13-25-47(49)51-44-24-12-10-19-37(44)42-31-34(27-29-46(42)51)33-26-28-45-41(30-33)36-18-9-11-23-43(36)50(45)35-16-5-2-6-17-35/h1-5,7-10,12-16,18-22,24-31,48H,6,11,17,23H2. The summed E-state index contributed by atoms with van der Waals surface area (Å²) in [6, 6.07) is 50.0. The number of allylic oxidation sites excluding steroid dienone is 5. The molecule has 2 nitrogen and oxygen atoms in total. The molecule has 0 saturated heterocycles. The van der Waals surface area contributed by atoms with Gasteiger partial charge in [0.1, 0.15) is 0 Å². The third-order valence-corrected chi connectivity index (χ3v) is 11.5. The van der Waals surface area contributed by atoms with Crippen LogP contribution in [-0.4, -0.2) is 9.13 Å². The average Bonchev–Trinajstić information content (AvgIpc) is 3.84. The van der Waals surface area contributed by atoms with Crippen molar-refractivity contribution in [1.29, 1.82) is 0 Å². The molecule has 8 aromatic rings. The molecule has 0 amide bonds. The quantitative estimate of drug-likeness (QED) is 0.179. The van der Waals surface area contributed by atoms with Gasteiger partial charge in [0.15, 0.2) is 0 Å². The third-order valence-electron chi connectivity index (χ3n) is 11.5. The summed E-state index contributed by atoms with van der Waals surface area (Å²) in [7, 11) is 0. The average molecular weight is 653 g/mol. The highest BCUT2D eigenvalue weighted by molar-refractivity contribution is 6.11. The zero-order valence-electron chi connectivity index (χ0n) is 28.4. The summed E-state index contributed by atoms with van der Waals surface area (Å²) in [6.07, 6.45) is 15.9. The first-order chi connectivity index (χ1) is 25.3. The van der Waals surface area contributed by atoms with Gasteiger partial charge in [-0.3, -0.25) is 0 Å². The van der Waals surface area contributed by atoms with Crippen LogP contribution in [0.4, 0.5) is 0 Å². The molecule has 0 fully saturated rings.